The molecule has 3 N–H and O–H groups in total. The number of fused-ring (bicyclic) bond motifs is 1. The molecular weight excluding hydrogens is 230 g/mol. The molecule has 1 aromatic heterocycles. The molecule has 0 spiro atoms. The monoisotopic (exact) mass is 245 g/mol. The normalized spacial score (nSPS) is 10.4. The van der Waals surface area contributed by atoms with Crippen LogP contribution in [0.3, 0.4) is 0 Å². The first-order chi connectivity index (χ1) is 8.75. The van der Waals surface area contributed by atoms with Gasteiger partial charge in [0.25, 0.3) is 0 Å². The summed E-state index contributed by atoms with van der Waals surface area (Å²) in [6.45, 7) is 0.947. The predicted molar refractivity (Wildman–Crippen MR) is 70.2 cm³/mol. The average molecular weight is 245 g/mol. The van der Waals surface area contributed by atoms with Gasteiger partial charge in [0.1, 0.15) is 12.4 Å². The SMILES string of the molecule is NC(=O)COCCNc1ccc2ccccc2n1. The molecule has 18 heavy (non-hydrogen) atoms. The van der Waals surface area contributed by atoms with Crippen LogP contribution in [0.25, 0.3) is 10.9 Å². The molecule has 1 heterocycles. The predicted octanol–water partition coefficient (Wildman–Crippen LogP) is 1.15. The summed E-state index contributed by atoms with van der Waals surface area (Å²) in [5.41, 5.74) is 5.90. The number of benzene rings is 1. The van der Waals surface area contributed by atoms with Crippen molar-refractivity contribution in [3.8, 4) is 0 Å². The van der Waals surface area contributed by atoms with E-state index in [-0.39, 0.29) is 6.61 Å². The van der Waals surface area contributed by atoms with Gasteiger partial charge in [0.15, 0.2) is 0 Å². The molecule has 0 saturated heterocycles. The molecule has 0 aliphatic heterocycles. The van der Waals surface area contributed by atoms with Gasteiger partial charge in [0.2, 0.25) is 5.91 Å². The van der Waals surface area contributed by atoms with Crippen LogP contribution < -0.4 is 11.1 Å². The molecule has 5 heteroatoms. The summed E-state index contributed by atoms with van der Waals surface area (Å²) in [5.74, 6) is 0.329. The number of carbonyl (C=O) groups excluding carboxylic acids is 1. The van der Waals surface area contributed by atoms with E-state index in [4.69, 9.17) is 10.5 Å². The fourth-order valence-electron chi connectivity index (χ4n) is 1.59. The Morgan fingerprint density at radius 1 is 1.28 bits per heavy atom. The van der Waals surface area contributed by atoms with Crippen LogP contribution in [0.1, 0.15) is 0 Å². The first-order valence-corrected chi connectivity index (χ1v) is 5.71. The average Bonchev–Trinajstić information content (AvgIpc) is 2.38. The Morgan fingerprint density at radius 3 is 2.94 bits per heavy atom. The number of nitrogens with two attached hydrogens (primary N) is 1. The third-order valence-electron chi connectivity index (χ3n) is 2.40. The van der Waals surface area contributed by atoms with E-state index in [0.717, 1.165) is 16.7 Å². The quantitative estimate of drug-likeness (QED) is 0.748. The van der Waals surface area contributed by atoms with Crippen molar-refractivity contribution in [1.29, 1.82) is 0 Å². The Labute approximate surface area is 105 Å². The number of ether oxygens (including phenoxy) is 1. The third-order valence-corrected chi connectivity index (χ3v) is 2.40. The lowest BCUT2D eigenvalue weighted by Gasteiger charge is -2.06. The molecule has 94 valence electrons. The lowest BCUT2D eigenvalue weighted by molar-refractivity contribution is -0.122. The van der Waals surface area contributed by atoms with Gasteiger partial charge in [0, 0.05) is 11.9 Å². The minimum Gasteiger partial charge on any atom is -0.370 e. The molecule has 0 radical (unpaired) electrons. The maximum Gasteiger partial charge on any atom is 0.243 e. The number of carbonyl (C=O) groups is 1. The Bertz CT molecular complexity index is 543. The van der Waals surface area contributed by atoms with Crippen molar-refractivity contribution in [3.05, 3.63) is 36.4 Å². The topological polar surface area (TPSA) is 77.2 Å². The van der Waals surface area contributed by atoms with E-state index in [1.54, 1.807) is 0 Å². The highest BCUT2D eigenvalue weighted by Crippen LogP contribution is 2.14. The molecule has 0 fully saturated rings. The zero-order chi connectivity index (χ0) is 12.8. The zero-order valence-corrected chi connectivity index (χ0v) is 9.93. The Hall–Kier alpha value is -2.14. The van der Waals surface area contributed by atoms with Crippen molar-refractivity contribution >= 4 is 22.6 Å². The van der Waals surface area contributed by atoms with Gasteiger partial charge in [-0.2, -0.15) is 0 Å². The van der Waals surface area contributed by atoms with Crippen molar-refractivity contribution in [1.82, 2.24) is 4.98 Å². The first kappa shape index (κ1) is 12.3. The van der Waals surface area contributed by atoms with Gasteiger partial charge in [-0.15, -0.1) is 0 Å². The molecule has 1 aromatic carbocycles. The smallest absolute Gasteiger partial charge is 0.243 e. The highest BCUT2D eigenvalue weighted by atomic mass is 16.5. The van der Waals surface area contributed by atoms with Crippen molar-refractivity contribution in [2.45, 2.75) is 0 Å². The Morgan fingerprint density at radius 2 is 2.11 bits per heavy atom. The summed E-state index contributed by atoms with van der Waals surface area (Å²) in [7, 11) is 0. The zero-order valence-electron chi connectivity index (χ0n) is 9.93. The maximum atomic E-state index is 10.4. The summed E-state index contributed by atoms with van der Waals surface area (Å²) in [6.07, 6.45) is 0. The molecule has 1 amide bonds. The number of para-hydroxylation sites is 1. The third kappa shape index (κ3) is 3.43. The number of pyridine rings is 1. The summed E-state index contributed by atoms with van der Waals surface area (Å²) in [6, 6.07) is 11.8. The fourth-order valence-corrected chi connectivity index (χ4v) is 1.59. The molecule has 5 nitrogen and oxygen atoms in total. The van der Waals surface area contributed by atoms with Gasteiger partial charge in [0.05, 0.1) is 12.1 Å². The summed E-state index contributed by atoms with van der Waals surface area (Å²) in [4.78, 5) is 14.9. The summed E-state index contributed by atoms with van der Waals surface area (Å²) >= 11 is 0. The van der Waals surface area contributed by atoms with Crippen LogP contribution >= 0.6 is 0 Å². The number of rotatable bonds is 6. The standard InChI is InChI=1S/C13H15N3O2/c14-12(17)9-18-8-7-15-13-6-5-10-3-1-2-4-11(10)16-13/h1-6H,7-9H2,(H2,14,17)(H,15,16). The molecule has 2 rings (SSSR count). The van der Waals surface area contributed by atoms with Crippen LogP contribution in [-0.2, 0) is 9.53 Å². The lowest BCUT2D eigenvalue weighted by atomic mass is 10.2. The maximum absolute atomic E-state index is 10.4. The van der Waals surface area contributed by atoms with E-state index in [1.807, 2.05) is 36.4 Å². The molecular formula is C13H15N3O2. The van der Waals surface area contributed by atoms with Crippen molar-refractivity contribution in [2.24, 2.45) is 5.73 Å². The Kier molecular flexibility index (Phi) is 4.09. The highest BCUT2D eigenvalue weighted by molar-refractivity contribution is 5.80. The van der Waals surface area contributed by atoms with Crippen molar-refractivity contribution in [2.75, 3.05) is 25.1 Å². The van der Waals surface area contributed by atoms with E-state index in [1.165, 1.54) is 0 Å². The van der Waals surface area contributed by atoms with E-state index in [2.05, 4.69) is 10.3 Å². The van der Waals surface area contributed by atoms with Crippen molar-refractivity contribution in [3.63, 3.8) is 0 Å². The highest BCUT2D eigenvalue weighted by Gasteiger charge is 1.97. The van der Waals surface area contributed by atoms with Gasteiger partial charge in [-0.05, 0) is 18.2 Å². The molecule has 0 saturated carbocycles. The van der Waals surface area contributed by atoms with Crippen LogP contribution in [0, 0.1) is 0 Å². The van der Waals surface area contributed by atoms with E-state index in [9.17, 15) is 4.79 Å². The van der Waals surface area contributed by atoms with Crippen molar-refractivity contribution < 1.29 is 9.53 Å². The fraction of sp³-hybridized carbons (Fsp3) is 0.231. The molecule has 0 bridgehead atoms. The van der Waals surface area contributed by atoms with Gasteiger partial charge < -0.3 is 15.8 Å². The van der Waals surface area contributed by atoms with Gasteiger partial charge in [-0.1, -0.05) is 18.2 Å². The molecule has 0 unspecified atom stereocenters. The van der Waals surface area contributed by atoms with Gasteiger partial charge >= 0.3 is 0 Å². The molecule has 2 aromatic rings. The number of hydrogen-bond donors (Lipinski definition) is 2. The van der Waals surface area contributed by atoms with Gasteiger partial charge in [-0.3, -0.25) is 4.79 Å². The van der Waals surface area contributed by atoms with Gasteiger partial charge in [-0.25, -0.2) is 4.98 Å². The number of aromatic nitrogens is 1. The lowest BCUT2D eigenvalue weighted by Crippen LogP contribution is -2.20. The summed E-state index contributed by atoms with van der Waals surface area (Å²) in [5, 5.41) is 4.23. The first-order valence-electron chi connectivity index (χ1n) is 5.71. The van der Waals surface area contributed by atoms with Crippen LogP contribution in [0.2, 0.25) is 0 Å². The number of amides is 1. The molecule has 0 aliphatic rings. The van der Waals surface area contributed by atoms with Crippen LogP contribution in [0.5, 0.6) is 0 Å². The van der Waals surface area contributed by atoms with E-state index in [0.29, 0.717) is 13.2 Å². The second-order valence-corrected chi connectivity index (χ2v) is 3.83. The van der Waals surface area contributed by atoms with Crippen LogP contribution in [-0.4, -0.2) is 30.6 Å². The number of hydrogen-bond acceptors (Lipinski definition) is 4. The van der Waals surface area contributed by atoms with E-state index < -0.39 is 5.91 Å². The molecule has 0 atom stereocenters. The molecule has 0 aliphatic carbocycles. The Balaban J connectivity index is 1.86. The second-order valence-electron chi connectivity index (χ2n) is 3.83. The number of nitrogens with one attached hydrogen (secondary N) is 1. The van der Waals surface area contributed by atoms with E-state index >= 15 is 0 Å². The minimum atomic E-state index is -0.459. The minimum absolute atomic E-state index is 0.0488. The second kappa shape index (κ2) is 5.97. The number of primary amides is 1. The van der Waals surface area contributed by atoms with Crippen LogP contribution in [0.4, 0.5) is 5.82 Å². The largest absolute Gasteiger partial charge is 0.370 e. The number of nitrogens with zero attached hydrogens (tertiary/aromatic N) is 1. The number of anilines is 1. The van der Waals surface area contributed by atoms with Crippen LogP contribution in [0.15, 0.2) is 36.4 Å². The summed E-state index contributed by atoms with van der Waals surface area (Å²) < 4.78 is 5.04.